The molecule has 0 fully saturated rings. The molecule has 0 aliphatic heterocycles. The molecule has 0 aliphatic rings. The molecule has 118 valence electrons. The van der Waals surface area contributed by atoms with Crippen LogP contribution >= 0.6 is 23.8 Å². The standard InChI is InChI=1S/C15H11ClFN3O2S/c1-22-12-3-2-8(6-10(12)16)18-14(21)9-4-7(17)5-11-13(9)20-15(23)19-11/h2-6H,1H3,(H,18,21)(H2,19,20,23). The van der Waals surface area contributed by atoms with Crippen LogP contribution in [-0.4, -0.2) is 23.0 Å². The van der Waals surface area contributed by atoms with Crippen LogP contribution in [0.1, 0.15) is 10.4 Å². The molecule has 3 rings (SSSR count). The summed E-state index contributed by atoms with van der Waals surface area (Å²) in [7, 11) is 1.50. The van der Waals surface area contributed by atoms with E-state index < -0.39 is 11.7 Å². The maximum atomic E-state index is 13.7. The number of aromatic nitrogens is 2. The van der Waals surface area contributed by atoms with Gasteiger partial charge in [-0.1, -0.05) is 11.6 Å². The molecular formula is C15H11ClFN3O2S. The molecule has 5 nitrogen and oxygen atoms in total. The highest BCUT2D eigenvalue weighted by atomic mass is 35.5. The second-order valence-corrected chi connectivity index (χ2v) is 5.57. The normalized spacial score (nSPS) is 10.7. The molecule has 0 radical (unpaired) electrons. The van der Waals surface area contributed by atoms with E-state index in [1.165, 1.54) is 13.2 Å². The first kappa shape index (κ1) is 15.5. The Morgan fingerprint density at radius 2 is 2.09 bits per heavy atom. The van der Waals surface area contributed by atoms with Crippen LogP contribution in [0.25, 0.3) is 11.0 Å². The molecule has 0 unspecified atom stereocenters. The molecule has 0 bridgehead atoms. The van der Waals surface area contributed by atoms with Gasteiger partial charge in [0.15, 0.2) is 4.77 Å². The van der Waals surface area contributed by atoms with Crippen LogP contribution in [0, 0.1) is 10.6 Å². The van der Waals surface area contributed by atoms with Crippen molar-refractivity contribution in [3.63, 3.8) is 0 Å². The fourth-order valence-electron chi connectivity index (χ4n) is 2.23. The van der Waals surface area contributed by atoms with Crippen molar-refractivity contribution in [3.8, 4) is 5.75 Å². The van der Waals surface area contributed by atoms with Crippen LogP contribution in [0.4, 0.5) is 10.1 Å². The van der Waals surface area contributed by atoms with Crippen molar-refractivity contribution in [2.24, 2.45) is 0 Å². The number of rotatable bonds is 3. The second-order valence-electron chi connectivity index (χ2n) is 4.76. The highest BCUT2D eigenvalue weighted by Crippen LogP contribution is 2.28. The third-order valence-electron chi connectivity index (χ3n) is 3.24. The highest BCUT2D eigenvalue weighted by Gasteiger charge is 2.15. The van der Waals surface area contributed by atoms with E-state index in [1.807, 2.05) is 0 Å². The molecule has 1 heterocycles. The minimum absolute atomic E-state index is 0.138. The molecule has 3 N–H and O–H groups in total. The van der Waals surface area contributed by atoms with Gasteiger partial charge in [0, 0.05) is 5.69 Å². The lowest BCUT2D eigenvalue weighted by molar-refractivity contribution is 0.102. The fraction of sp³-hybridized carbons (Fsp3) is 0.0667. The smallest absolute Gasteiger partial charge is 0.257 e. The number of methoxy groups -OCH3 is 1. The number of fused-ring (bicyclic) bond motifs is 1. The van der Waals surface area contributed by atoms with E-state index in [2.05, 4.69) is 15.3 Å². The summed E-state index contributed by atoms with van der Waals surface area (Å²) in [5.74, 6) is -0.533. The van der Waals surface area contributed by atoms with E-state index in [1.54, 1.807) is 18.2 Å². The molecule has 23 heavy (non-hydrogen) atoms. The van der Waals surface area contributed by atoms with Crippen molar-refractivity contribution in [2.45, 2.75) is 0 Å². The number of carbonyl (C=O) groups is 1. The monoisotopic (exact) mass is 351 g/mol. The average molecular weight is 352 g/mol. The second kappa shape index (κ2) is 6.02. The van der Waals surface area contributed by atoms with Crippen molar-refractivity contribution in [1.29, 1.82) is 0 Å². The molecule has 0 saturated heterocycles. The predicted octanol–water partition coefficient (Wildman–Crippen LogP) is 4.28. The maximum Gasteiger partial charge on any atom is 0.257 e. The first-order valence-electron chi connectivity index (χ1n) is 6.54. The summed E-state index contributed by atoms with van der Waals surface area (Å²) < 4.78 is 19.0. The van der Waals surface area contributed by atoms with Gasteiger partial charge in [0.1, 0.15) is 11.6 Å². The summed E-state index contributed by atoms with van der Waals surface area (Å²) in [4.78, 5) is 18.1. The Hall–Kier alpha value is -2.38. The minimum Gasteiger partial charge on any atom is -0.495 e. The van der Waals surface area contributed by atoms with Gasteiger partial charge in [-0.3, -0.25) is 4.79 Å². The number of halogens is 2. The Morgan fingerprint density at radius 1 is 1.30 bits per heavy atom. The molecule has 3 aromatic rings. The van der Waals surface area contributed by atoms with E-state index in [0.29, 0.717) is 32.3 Å². The number of H-pyrrole nitrogens is 2. The zero-order chi connectivity index (χ0) is 16.6. The van der Waals surface area contributed by atoms with Crippen LogP contribution in [0.5, 0.6) is 5.75 Å². The van der Waals surface area contributed by atoms with Gasteiger partial charge in [-0.05, 0) is 42.5 Å². The number of nitrogens with one attached hydrogen (secondary N) is 3. The Labute approximate surface area is 140 Å². The molecule has 2 aromatic carbocycles. The quantitative estimate of drug-likeness (QED) is 0.617. The number of ether oxygens (including phenoxy) is 1. The molecule has 0 atom stereocenters. The van der Waals surface area contributed by atoms with E-state index in [9.17, 15) is 9.18 Å². The molecule has 8 heteroatoms. The lowest BCUT2D eigenvalue weighted by atomic mass is 10.1. The number of hydrogen-bond acceptors (Lipinski definition) is 3. The summed E-state index contributed by atoms with van der Waals surface area (Å²) in [5, 5.41) is 3.02. The number of benzene rings is 2. The molecule has 1 amide bonds. The largest absolute Gasteiger partial charge is 0.495 e. The molecule has 0 aliphatic carbocycles. The first-order valence-corrected chi connectivity index (χ1v) is 7.33. The number of carbonyl (C=O) groups excluding carboxylic acids is 1. The summed E-state index contributed by atoms with van der Waals surface area (Å²) in [6.45, 7) is 0. The highest BCUT2D eigenvalue weighted by molar-refractivity contribution is 7.71. The fourth-order valence-corrected chi connectivity index (χ4v) is 2.70. The number of aromatic amines is 2. The summed E-state index contributed by atoms with van der Waals surface area (Å²) in [6.07, 6.45) is 0. The SMILES string of the molecule is COc1ccc(NC(=O)c2cc(F)cc3[nH]c(=S)[nH]c23)cc1Cl. The van der Waals surface area contributed by atoms with E-state index >= 15 is 0 Å². The van der Waals surface area contributed by atoms with Gasteiger partial charge in [0.05, 0.1) is 28.7 Å². The molecule has 0 spiro atoms. The summed E-state index contributed by atoms with van der Waals surface area (Å²) in [6, 6.07) is 7.22. The Kier molecular flexibility index (Phi) is 4.06. The maximum absolute atomic E-state index is 13.7. The van der Waals surface area contributed by atoms with Crippen LogP contribution in [0.3, 0.4) is 0 Å². The van der Waals surface area contributed by atoms with E-state index in [4.69, 9.17) is 28.6 Å². The topological polar surface area (TPSA) is 69.9 Å². The Balaban J connectivity index is 1.97. The zero-order valence-electron chi connectivity index (χ0n) is 11.9. The van der Waals surface area contributed by atoms with Gasteiger partial charge in [-0.15, -0.1) is 0 Å². The van der Waals surface area contributed by atoms with E-state index in [0.717, 1.165) is 6.07 Å². The minimum atomic E-state index is -0.541. The van der Waals surface area contributed by atoms with Gasteiger partial charge in [-0.2, -0.15) is 0 Å². The van der Waals surface area contributed by atoms with Gasteiger partial charge >= 0.3 is 0 Å². The van der Waals surface area contributed by atoms with Gasteiger partial charge in [0.2, 0.25) is 0 Å². The van der Waals surface area contributed by atoms with Gasteiger partial charge in [-0.25, -0.2) is 4.39 Å². The molecule has 0 saturated carbocycles. The first-order chi connectivity index (χ1) is 11.0. The van der Waals surface area contributed by atoms with Crippen LogP contribution < -0.4 is 10.1 Å². The van der Waals surface area contributed by atoms with Gasteiger partial charge < -0.3 is 20.0 Å². The third-order valence-corrected chi connectivity index (χ3v) is 3.74. The third kappa shape index (κ3) is 3.06. The molecular weight excluding hydrogens is 341 g/mol. The predicted molar refractivity (Wildman–Crippen MR) is 89.4 cm³/mol. The molecule has 1 aromatic heterocycles. The lowest BCUT2D eigenvalue weighted by Crippen LogP contribution is -2.13. The van der Waals surface area contributed by atoms with Crippen molar-refractivity contribution in [2.75, 3.05) is 12.4 Å². The number of amides is 1. The van der Waals surface area contributed by atoms with Crippen LogP contribution in [-0.2, 0) is 0 Å². The van der Waals surface area contributed by atoms with Crippen molar-refractivity contribution < 1.29 is 13.9 Å². The van der Waals surface area contributed by atoms with Crippen molar-refractivity contribution in [1.82, 2.24) is 9.97 Å². The van der Waals surface area contributed by atoms with Crippen LogP contribution in [0.15, 0.2) is 30.3 Å². The number of anilines is 1. The zero-order valence-corrected chi connectivity index (χ0v) is 13.4. The number of imidazole rings is 1. The lowest BCUT2D eigenvalue weighted by Gasteiger charge is -2.09. The average Bonchev–Trinajstić information content (AvgIpc) is 2.86. The number of hydrogen-bond donors (Lipinski definition) is 3. The van der Waals surface area contributed by atoms with Gasteiger partial charge in [0.25, 0.3) is 5.91 Å². The van der Waals surface area contributed by atoms with E-state index in [-0.39, 0.29) is 5.56 Å². The summed E-state index contributed by atoms with van der Waals surface area (Å²) >= 11 is 11.0. The van der Waals surface area contributed by atoms with Crippen LogP contribution in [0.2, 0.25) is 5.02 Å². The van der Waals surface area contributed by atoms with Crippen molar-refractivity contribution >= 4 is 46.4 Å². The summed E-state index contributed by atoms with van der Waals surface area (Å²) in [5.41, 5.74) is 1.47. The van der Waals surface area contributed by atoms with Crippen molar-refractivity contribution in [3.05, 3.63) is 51.5 Å². The Bertz CT molecular complexity index is 967. The Morgan fingerprint density at radius 3 is 2.78 bits per heavy atom.